The van der Waals surface area contributed by atoms with Gasteiger partial charge >= 0.3 is 5.97 Å². The molecule has 0 radical (unpaired) electrons. The van der Waals surface area contributed by atoms with Gasteiger partial charge in [0.25, 0.3) is 0 Å². The van der Waals surface area contributed by atoms with Crippen LogP contribution >= 0.6 is 11.3 Å². The largest absolute Gasteiger partial charge is 0.453 e. The van der Waals surface area contributed by atoms with E-state index in [1.54, 1.807) is 0 Å². The maximum Gasteiger partial charge on any atom is 0.348 e. The van der Waals surface area contributed by atoms with E-state index in [1.807, 2.05) is 30.3 Å². The van der Waals surface area contributed by atoms with Crippen LogP contribution in [-0.2, 0) is 17.6 Å². The first-order chi connectivity index (χ1) is 12.5. The fourth-order valence-corrected chi connectivity index (χ4v) is 4.43. The normalized spacial score (nSPS) is 17.4. The van der Waals surface area contributed by atoms with E-state index in [0.717, 1.165) is 19.3 Å². The molecule has 0 bridgehead atoms. The van der Waals surface area contributed by atoms with Gasteiger partial charge in [0.15, 0.2) is 12.4 Å². The minimum atomic E-state index is -0.387. The van der Waals surface area contributed by atoms with Crippen LogP contribution in [0.5, 0.6) is 0 Å². The van der Waals surface area contributed by atoms with Gasteiger partial charge in [0.1, 0.15) is 4.88 Å². The molecule has 0 aliphatic heterocycles. The van der Waals surface area contributed by atoms with Crippen molar-refractivity contribution >= 4 is 23.1 Å². The number of aryl methyl sites for hydroxylation is 1. The summed E-state index contributed by atoms with van der Waals surface area (Å²) in [5.41, 5.74) is 3.08. The Hall–Kier alpha value is -1.94. The van der Waals surface area contributed by atoms with Crippen LogP contribution in [0.1, 0.15) is 75.6 Å². The zero-order valence-electron chi connectivity index (χ0n) is 15.7. The predicted octanol–water partition coefficient (Wildman–Crippen LogP) is 5.43. The molecule has 0 spiro atoms. The highest BCUT2D eigenvalue weighted by Gasteiger charge is 2.22. The number of hydrogen-bond donors (Lipinski definition) is 0. The van der Waals surface area contributed by atoms with Gasteiger partial charge < -0.3 is 4.74 Å². The van der Waals surface area contributed by atoms with E-state index in [2.05, 4.69) is 20.8 Å². The minimum Gasteiger partial charge on any atom is -0.453 e. The van der Waals surface area contributed by atoms with Crippen LogP contribution in [0.2, 0.25) is 0 Å². The van der Waals surface area contributed by atoms with Crippen LogP contribution in [-0.4, -0.2) is 18.4 Å². The lowest BCUT2D eigenvalue weighted by Crippen LogP contribution is -2.13. The standard InChI is InChI=1S/C22H26O3S/c1-4-15(3)16-6-8-17(9-7-16)19(23)13-25-22(24)21-12-18-11-14(2)5-10-20(18)26-21/h6-9,12,14-15H,4-5,10-11,13H2,1-3H3. The van der Waals surface area contributed by atoms with Crippen molar-refractivity contribution in [1.29, 1.82) is 0 Å². The summed E-state index contributed by atoms with van der Waals surface area (Å²) < 4.78 is 5.27. The topological polar surface area (TPSA) is 43.4 Å². The maximum absolute atomic E-state index is 12.3. The molecule has 1 aromatic heterocycles. The zero-order chi connectivity index (χ0) is 18.7. The van der Waals surface area contributed by atoms with Crippen molar-refractivity contribution < 1.29 is 14.3 Å². The lowest BCUT2D eigenvalue weighted by Gasteiger charge is -2.16. The average Bonchev–Trinajstić information content (AvgIpc) is 3.08. The summed E-state index contributed by atoms with van der Waals surface area (Å²) in [4.78, 5) is 26.5. The number of ether oxygens (including phenoxy) is 1. The van der Waals surface area contributed by atoms with Gasteiger partial charge in [-0.1, -0.05) is 45.0 Å². The van der Waals surface area contributed by atoms with Crippen molar-refractivity contribution in [3.8, 4) is 0 Å². The van der Waals surface area contributed by atoms with Crippen LogP contribution in [0, 0.1) is 5.92 Å². The van der Waals surface area contributed by atoms with Gasteiger partial charge in [-0.25, -0.2) is 4.79 Å². The van der Waals surface area contributed by atoms with E-state index in [-0.39, 0.29) is 18.4 Å². The van der Waals surface area contributed by atoms with E-state index < -0.39 is 0 Å². The number of rotatable bonds is 6. The highest BCUT2D eigenvalue weighted by Crippen LogP contribution is 2.32. The number of benzene rings is 1. The molecule has 0 N–H and O–H groups in total. The molecule has 26 heavy (non-hydrogen) atoms. The number of hydrogen-bond acceptors (Lipinski definition) is 4. The van der Waals surface area contributed by atoms with E-state index in [9.17, 15) is 9.59 Å². The van der Waals surface area contributed by atoms with Gasteiger partial charge in [-0.05, 0) is 54.7 Å². The third-order valence-electron chi connectivity index (χ3n) is 5.28. The van der Waals surface area contributed by atoms with Gasteiger partial charge in [-0.2, -0.15) is 0 Å². The SMILES string of the molecule is CCC(C)c1ccc(C(=O)COC(=O)c2cc3c(s2)CCC(C)C3)cc1. The Kier molecular flexibility index (Phi) is 5.92. The molecule has 1 aliphatic rings. The fraction of sp³-hybridized carbons (Fsp3) is 0.455. The van der Waals surface area contributed by atoms with Crippen molar-refractivity contribution in [3.63, 3.8) is 0 Å². The molecule has 3 nitrogen and oxygen atoms in total. The Morgan fingerprint density at radius 1 is 1.27 bits per heavy atom. The average molecular weight is 371 g/mol. The molecule has 1 heterocycles. The summed E-state index contributed by atoms with van der Waals surface area (Å²) in [5, 5.41) is 0. The molecule has 0 fully saturated rings. The fourth-order valence-electron chi connectivity index (χ4n) is 3.33. The molecule has 0 saturated heterocycles. The molecular formula is C22H26O3S. The molecule has 138 valence electrons. The first-order valence-electron chi connectivity index (χ1n) is 9.39. The first kappa shape index (κ1) is 18.8. The number of fused-ring (bicyclic) bond motifs is 1. The Balaban J connectivity index is 1.58. The Morgan fingerprint density at radius 2 is 2.00 bits per heavy atom. The maximum atomic E-state index is 12.3. The van der Waals surface area contributed by atoms with Crippen LogP contribution in [0.3, 0.4) is 0 Å². The highest BCUT2D eigenvalue weighted by atomic mass is 32.1. The zero-order valence-corrected chi connectivity index (χ0v) is 16.5. The molecule has 2 unspecified atom stereocenters. The van der Waals surface area contributed by atoms with Gasteiger partial charge in [-0.3, -0.25) is 4.79 Å². The molecule has 4 heteroatoms. The molecule has 0 saturated carbocycles. The number of ketones is 1. The van der Waals surface area contributed by atoms with E-state index in [1.165, 1.54) is 33.8 Å². The number of carbonyl (C=O) groups excluding carboxylic acids is 2. The summed E-state index contributed by atoms with van der Waals surface area (Å²) in [7, 11) is 0. The van der Waals surface area contributed by atoms with E-state index in [0.29, 0.717) is 22.3 Å². The second-order valence-electron chi connectivity index (χ2n) is 7.34. The van der Waals surface area contributed by atoms with Gasteiger partial charge in [0, 0.05) is 10.4 Å². The smallest absolute Gasteiger partial charge is 0.348 e. The summed E-state index contributed by atoms with van der Waals surface area (Å²) in [6.45, 7) is 6.34. The number of thiophene rings is 1. The Morgan fingerprint density at radius 3 is 2.69 bits per heavy atom. The number of carbonyl (C=O) groups is 2. The van der Waals surface area contributed by atoms with Crippen molar-refractivity contribution in [1.82, 2.24) is 0 Å². The van der Waals surface area contributed by atoms with Crippen molar-refractivity contribution in [2.24, 2.45) is 5.92 Å². The number of Topliss-reactive ketones (excluding diaryl/α,β-unsaturated/α-hetero) is 1. The molecule has 0 amide bonds. The first-order valence-corrected chi connectivity index (χ1v) is 10.2. The second-order valence-corrected chi connectivity index (χ2v) is 8.47. The Labute approximate surface area is 159 Å². The molecule has 3 rings (SSSR count). The monoisotopic (exact) mass is 370 g/mol. The Bertz CT molecular complexity index is 788. The summed E-state index contributed by atoms with van der Waals surface area (Å²) >= 11 is 1.51. The van der Waals surface area contributed by atoms with Crippen molar-refractivity contribution in [3.05, 3.63) is 56.8 Å². The summed E-state index contributed by atoms with van der Waals surface area (Å²) in [6, 6.07) is 9.56. The minimum absolute atomic E-state index is 0.163. The number of esters is 1. The molecule has 2 atom stereocenters. The molecular weight excluding hydrogens is 344 g/mol. The quantitative estimate of drug-likeness (QED) is 0.503. The highest BCUT2D eigenvalue weighted by molar-refractivity contribution is 7.14. The lowest BCUT2D eigenvalue weighted by molar-refractivity contribution is 0.0479. The van der Waals surface area contributed by atoms with Crippen LogP contribution in [0.25, 0.3) is 0 Å². The van der Waals surface area contributed by atoms with Crippen molar-refractivity contribution in [2.45, 2.75) is 52.4 Å². The summed E-state index contributed by atoms with van der Waals surface area (Å²) in [6.07, 6.45) is 4.30. The molecule has 2 aromatic rings. The molecule has 1 aromatic carbocycles. The second kappa shape index (κ2) is 8.17. The van der Waals surface area contributed by atoms with Crippen LogP contribution in [0.4, 0.5) is 0 Å². The van der Waals surface area contributed by atoms with Crippen molar-refractivity contribution in [2.75, 3.05) is 6.61 Å². The summed E-state index contributed by atoms with van der Waals surface area (Å²) in [5.74, 6) is 0.594. The lowest BCUT2D eigenvalue weighted by atomic mass is 9.90. The van der Waals surface area contributed by atoms with Crippen LogP contribution < -0.4 is 0 Å². The molecule has 1 aliphatic carbocycles. The van der Waals surface area contributed by atoms with Gasteiger partial charge in [0.05, 0.1) is 0 Å². The third-order valence-corrected chi connectivity index (χ3v) is 6.50. The van der Waals surface area contributed by atoms with Gasteiger partial charge in [-0.15, -0.1) is 11.3 Å². The van der Waals surface area contributed by atoms with E-state index >= 15 is 0 Å². The van der Waals surface area contributed by atoms with Gasteiger partial charge in [0.2, 0.25) is 0 Å². The van der Waals surface area contributed by atoms with E-state index in [4.69, 9.17) is 4.74 Å². The van der Waals surface area contributed by atoms with Crippen LogP contribution in [0.15, 0.2) is 30.3 Å². The third kappa shape index (κ3) is 4.24. The predicted molar refractivity (Wildman–Crippen MR) is 105 cm³/mol.